The van der Waals surface area contributed by atoms with Crippen molar-refractivity contribution in [2.45, 2.75) is 32.2 Å². The second-order valence-corrected chi connectivity index (χ2v) is 3.23. The Morgan fingerprint density at radius 3 is 2.25 bits per heavy atom. The zero-order valence-corrected chi connectivity index (χ0v) is 9.12. The van der Waals surface area contributed by atoms with Crippen LogP contribution in [-0.4, -0.2) is 58.8 Å². The number of rotatable bonds is 7. The molecular weight excluding hydrogens is 220 g/mol. The molecule has 0 spiro atoms. The van der Waals surface area contributed by atoms with Crippen LogP contribution in [0.2, 0.25) is 0 Å². The third-order valence-corrected chi connectivity index (χ3v) is 1.72. The van der Waals surface area contributed by atoms with Gasteiger partial charge in [0.15, 0.2) is 12.2 Å². The number of carboxylic acid groups (broad SMARTS) is 1. The minimum absolute atomic E-state index is 0.228. The Morgan fingerprint density at radius 2 is 1.81 bits per heavy atom. The molecule has 0 aromatic heterocycles. The minimum atomic E-state index is -1.25. The molecule has 0 aliphatic rings. The lowest BCUT2D eigenvalue weighted by Gasteiger charge is -2.16. The van der Waals surface area contributed by atoms with Gasteiger partial charge in [-0.1, -0.05) is 0 Å². The smallest absolute Gasteiger partial charge is 0.344 e. The van der Waals surface area contributed by atoms with E-state index in [1.165, 1.54) is 13.8 Å². The molecule has 0 amide bonds. The van der Waals surface area contributed by atoms with Crippen LogP contribution in [0.5, 0.6) is 0 Å². The molecule has 3 N–H and O–H groups in total. The van der Waals surface area contributed by atoms with Crippen molar-refractivity contribution in [3.8, 4) is 0 Å². The monoisotopic (exact) mass is 236 g/mol. The minimum Gasteiger partial charge on any atom is -0.479 e. The van der Waals surface area contributed by atoms with Gasteiger partial charge in [0, 0.05) is 0 Å². The lowest BCUT2D eigenvalue weighted by atomic mass is 10.3. The first-order chi connectivity index (χ1) is 7.38. The van der Waals surface area contributed by atoms with Crippen molar-refractivity contribution in [1.29, 1.82) is 0 Å². The van der Waals surface area contributed by atoms with E-state index in [1.807, 2.05) is 0 Å². The first-order valence-corrected chi connectivity index (χ1v) is 4.72. The second kappa shape index (κ2) is 7.15. The summed E-state index contributed by atoms with van der Waals surface area (Å²) in [5, 5.41) is 25.9. The van der Waals surface area contributed by atoms with Gasteiger partial charge in [-0.3, -0.25) is 0 Å². The van der Waals surface area contributed by atoms with E-state index in [2.05, 4.69) is 4.74 Å². The molecule has 0 fully saturated rings. The van der Waals surface area contributed by atoms with E-state index >= 15 is 0 Å². The Morgan fingerprint density at radius 1 is 1.25 bits per heavy atom. The van der Waals surface area contributed by atoms with Crippen molar-refractivity contribution < 1.29 is 34.4 Å². The van der Waals surface area contributed by atoms with Crippen molar-refractivity contribution in [1.82, 2.24) is 0 Å². The van der Waals surface area contributed by atoms with Crippen molar-refractivity contribution >= 4 is 11.9 Å². The van der Waals surface area contributed by atoms with Gasteiger partial charge in [0.2, 0.25) is 0 Å². The number of aliphatic hydroxyl groups excluding tert-OH is 2. The standard InChI is InChI=1S/C9H16O7/c1-5(8(12)13)16-9(14)6(2)15-4-7(11)3-10/h5-7,10-11H,3-4H2,1-2H3,(H,12,13). The van der Waals surface area contributed by atoms with E-state index < -0.39 is 36.9 Å². The van der Waals surface area contributed by atoms with Crippen LogP contribution in [0.15, 0.2) is 0 Å². The van der Waals surface area contributed by atoms with Crippen LogP contribution in [0.1, 0.15) is 13.8 Å². The van der Waals surface area contributed by atoms with E-state index in [0.29, 0.717) is 0 Å². The topological polar surface area (TPSA) is 113 Å². The number of carbonyl (C=O) groups is 2. The Hall–Kier alpha value is -1.18. The molecule has 0 aromatic rings. The summed E-state index contributed by atoms with van der Waals surface area (Å²) in [6.45, 7) is 1.87. The Balaban J connectivity index is 3.95. The molecule has 7 heteroatoms. The van der Waals surface area contributed by atoms with Crippen molar-refractivity contribution in [3.63, 3.8) is 0 Å². The van der Waals surface area contributed by atoms with Gasteiger partial charge < -0.3 is 24.8 Å². The molecular formula is C9H16O7. The molecule has 0 saturated heterocycles. The van der Waals surface area contributed by atoms with Gasteiger partial charge in [-0.2, -0.15) is 0 Å². The van der Waals surface area contributed by atoms with Gasteiger partial charge >= 0.3 is 11.9 Å². The zero-order chi connectivity index (χ0) is 12.7. The molecule has 0 heterocycles. The van der Waals surface area contributed by atoms with Crippen LogP contribution < -0.4 is 0 Å². The van der Waals surface area contributed by atoms with Crippen LogP contribution in [0.3, 0.4) is 0 Å². The van der Waals surface area contributed by atoms with Crippen molar-refractivity contribution in [3.05, 3.63) is 0 Å². The summed E-state index contributed by atoms with van der Waals surface area (Å²) in [6, 6.07) is 0. The molecule has 0 aromatic carbocycles. The molecule has 0 bridgehead atoms. The first kappa shape index (κ1) is 14.8. The molecule has 0 aliphatic carbocycles. The Labute approximate surface area is 92.6 Å². The number of carboxylic acids is 1. The molecule has 0 radical (unpaired) electrons. The van der Waals surface area contributed by atoms with Crippen LogP contribution in [-0.2, 0) is 19.1 Å². The average Bonchev–Trinajstić information content (AvgIpc) is 2.24. The number of carbonyl (C=O) groups excluding carboxylic acids is 1. The Bertz CT molecular complexity index is 240. The normalized spacial score (nSPS) is 16.2. The molecule has 0 saturated carbocycles. The lowest BCUT2D eigenvalue weighted by molar-refractivity contribution is -0.171. The summed E-state index contributed by atoms with van der Waals surface area (Å²) < 4.78 is 9.39. The third-order valence-electron chi connectivity index (χ3n) is 1.72. The average molecular weight is 236 g/mol. The predicted molar refractivity (Wildman–Crippen MR) is 51.7 cm³/mol. The largest absolute Gasteiger partial charge is 0.479 e. The molecule has 3 atom stereocenters. The van der Waals surface area contributed by atoms with Crippen LogP contribution in [0, 0.1) is 0 Å². The third kappa shape index (κ3) is 5.64. The molecule has 0 aliphatic heterocycles. The second-order valence-electron chi connectivity index (χ2n) is 3.23. The highest BCUT2D eigenvalue weighted by molar-refractivity contribution is 5.79. The fourth-order valence-corrected chi connectivity index (χ4v) is 0.697. The maximum Gasteiger partial charge on any atom is 0.344 e. The molecule has 94 valence electrons. The quantitative estimate of drug-likeness (QED) is 0.474. The van der Waals surface area contributed by atoms with E-state index in [9.17, 15) is 9.59 Å². The summed E-state index contributed by atoms with van der Waals surface area (Å²) in [4.78, 5) is 21.6. The maximum atomic E-state index is 11.2. The van der Waals surface area contributed by atoms with Gasteiger partial charge in [-0.15, -0.1) is 0 Å². The number of ether oxygens (including phenoxy) is 2. The fraction of sp³-hybridized carbons (Fsp3) is 0.778. The lowest BCUT2D eigenvalue weighted by Crippen LogP contribution is -2.33. The van der Waals surface area contributed by atoms with Crippen molar-refractivity contribution in [2.75, 3.05) is 13.2 Å². The highest BCUT2D eigenvalue weighted by Gasteiger charge is 2.22. The number of hydrogen-bond acceptors (Lipinski definition) is 6. The SMILES string of the molecule is CC(OC(=O)C(C)OCC(O)CO)C(=O)O. The molecule has 7 nitrogen and oxygen atoms in total. The number of esters is 1. The molecule has 16 heavy (non-hydrogen) atoms. The van der Waals surface area contributed by atoms with Gasteiger partial charge in [0.1, 0.15) is 6.10 Å². The number of aliphatic hydroxyl groups is 2. The van der Waals surface area contributed by atoms with Crippen molar-refractivity contribution in [2.24, 2.45) is 0 Å². The molecule has 0 rings (SSSR count). The Kier molecular flexibility index (Phi) is 6.63. The van der Waals surface area contributed by atoms with E-state index in [4.69, 9.17) is 20.1 Å². The summed E-state index contributed by atoms with van der Waals surface area (Å²) in [5.41, 5.74) is 0. The number of aliphatic carboxylic acids is 1. The summed E-state index contributed by atoms with van der Waals surface area (Å²) in [7, 11) is 0. The van der Waals surface area contributed by atoms with Crippen LogP contribution in [0.25, 0.3) is 0 Å². The highest BCUT2D eigenvalue weighted by Crippen LogP contribution is 2.00. The van der Waals surface area contributed by atoms with Gasteiger partial charge in [-0.25, -0.2) is 9.59 Å². The highest BCUT2D eigenvalue weighted by atomic mass is 16.6. The first-order valence-electron chi connectivity index (χ1n) is 4.72. The van der Waals surface area contributed by atoms with Gasteiger partial charge in [0.05, 0.1) is 13.2 Å². The van der Waals surface area contributed by atoms with Gasteiger partial charge in [-0.05, 0) is 13.8 Å². The maximum absolute atomic E-state index is 11.2. The molecule has 3 unspecified atom stereocenters. The van der Waals surface area contributed by atoms with Crippen LogP contribution in [0.4, 0.5) is 0 Å². The summed E-state index contributed by atoms with van der Waals surface area (Å²) in [6.07, 6.45) is -3.32. The van der Waals surface area contributed by atoms with E-state index in [0.717, 1.165) is 0 Å². The van der Waals surface area contributed by atoms with Gasteiger partial charge in [0.25, 0.3) is 0 Å². The summed E-state index contributed by atoms with van der Waals surface area (Å²) >= 11 is 0. The summed E-state index contributed by atoms with van der Waals surface area (Å²) in [5.74, 6) is -2.09. The zero-order valence-electron chi connectivity index (χ0n) is 9.12. The fourth-order valence-electron chi connectivity index (χ4n) is 0.697. The van der Waals surface area contributed by atoms with E-state index in [1.54, 1.807) is 0 Å². The van der Waals surface area contributed by atoms with E-state index in [-0.39, 0.29) is 6.61 Å². The predicted octanol–water partition coefficient (Wildman–Crippen LogP) is -1.24. The van der Waals surface area contributed by atoms with Crippen LogP contribution >= 0.6 is 0 Å². The number of hydrogen-bond donors (Lipinski definition) is 3.